The van der Waals surface area contributed by atoms with Gasteiger partial charge >= 0.3 is 0 Å². The average Bonchev–Trinajstić information content (AvgIpc) is 3.00. The molecule has 0 bridgehead atoms. The number of hydrogen-bond acceptors (Lipinski definition) is 4. The van der Waals surface area contributed by atoms with Crippen molar-refractivity contribution in [2.24, 2.45) is 5.92 Å². The lowest BCUT2D eigenvalue weighted by Crippen LogP contribution is -2.42. The number of nitrogens with zero attached hydrogens (tertiary/aromatic N) is 4. The van der Waals surface area contributed by atoms with E-state index in [1.165, 1.54) is 31.5 Å². The van der Waals surface area contributed by atoms with Gasteiger partial charge in [0.05, 0.1) is 30.6 Å². The third-order valence-electron chi connectivity index (χ3n) is 5.20. The highest BCUT2D eigenvalue weighted by atomic mass is 16.5. The minimum atomic E-state index is 0.300. The van der Waals surface area contributed by atoms with Crippen LogP contribution in [0, 0.1) is 12.8 Å². The molecule has 3 heterocycles. The summed E-state index contributed by atoms with van der Waals surface area (Å²) in [5.74, 6) is 0.900. The van der Waals surface area contributed by atoms with E-state index < -0.39 is 0 Å². The van der Waals surface area contributed by atoms with Crippen LogP contribution in [-0.2, 0) is 17.9 Å². The quantitative estimate of drug-likeness (QED) is 0.818. The molecule has 128 valence electrons. The maximum atomic E-state index is 5.98. The molecule has 5 heteroatoms. The Morgan fingerprint density at radius 2 is 2.17 bits per heavy atom. The van der Waals surface area contributed by atoms with Crippen molar-refractivity contribution in [2.75, 3.05) is 19.7 Å². The van der Waals surface area contributed by atoms with Gasteiger partial charge in [-0.1, -0.05) is 12.5 Å². The smallest absolute Gasteiger partial charge is 0.0889 e. The Balaban J connectivity index is 1.36. The summed E-state index contributed by atoms with van der Waals surface area (Å²) in [6, 6.07) is 8.51. The molecule has 0 radical (unpaired) electrons. The summed E-state index contributed by atoms with van der Waals surface area (Å²) in [5, 5.41) is 4.52. The predicted octanol–water partition coefficient (Wildman–Crippen LogP) is 2.96. The van der Waals surface area contributed by atoms with E-state index in [9.17, 15) is 0 Å². The molecule has 0 N–H and O–H groups in total. The van der Waals surface area contributed by atoms with Crippen LogP contribution in [-0.4, -0.2) is 39.4 Å². The van der Waals surface area contributed by atoms with E-state index in [1.54, 1.807) is 0 Å². The molecule has 4 rings (SSSR count). The second-order valence-corrected chi connectivity index (χ2v) is 7.20. The molecule has 0 spiro atoms. The van der Waals surface area contributed by atoms with Crippen LogP contribution in [0.4, 0.5) is 0 Å². The van der Waals surface area contributed by atoms with Crippen LogP contribution in [0.3, 0.4) is 0 Å². The summed E-state index contributed by atoms with van der Waals surface area (Å²) in [5.41, 5.74) is 3.34. The molecule has 2 aromatic heterocycles. The fraction of sp³-hybridized carbons (Fsp3) is 0.579. The fourth-order valence-corrected chi connectivity index (χ4v) is 3.75. The van der Waals surface area contributed by atoms with Gasteiger partial charge in [0.2, 0.25) is 0 Å². The number of rotatable bonds is 6. The second kappa shape index (κ2) is 7.03. The summed E-state index contributed by atoms with van der Waals surface area (Å²) < 4.78 is 8.14. The molecule has 2 aliphatic rings. The largest absolute Gasteiger partial charge is 0.373 e. The number of hydrogen-bond donors (Lipinski definition) is 0. The standard InChI is InChI=1S/C19H26N4O/c1-15-4-2-7-17(21-15)13-24-14-19-12-22(10-16-5-3-6-16)11-18-8-9-20-23(18)19/h2,4,7-9,16,19H,3,5-6,10-14H2,1H3/t19-/m1/s1. The second-order valence-electron chi connectivity index (χ2n) is 7.20. The topological polar surface area (TPSA) is 43.2 Å². The van der Waals surface area contributed by atoms with Gasteiger partial charge in [-0.25, -0.2) is 0 Å². The van der Waals surface area contributed by atoms with Gasteiger partial charge in [-0.2, -0.15) is 5.10 Å². The molecule has 24 heavy (non-hydrogen) atoms. The monoisotopic (exact) mass is 326 g/mol. The number of aromatic nitrogens is 3. The minimum Gasteiger partial charge on any atom is -0.373 e. The zero-order chi connectivity index (χ0) is 16.4. The zero-order valence-electron chi connectivity index (χ0n) is 14.4. The summed E-state index contributed by atoms with van der Waals surface area (Å²) in [6.45, 7) is 6.54. The third kappa shape index (κ3) is 3.52. The van der Waals surface area contributed by atoms with Crippen molar-refractivity contribution < 1.29 is 4.74 Å². The Morgan fingerprint density at radius 1 is 1.25 bits per heavy atom. The van der Waals surface area contributed by atoms with Crippen molar-refractivity contribution in [3.05, 3.63) is 47.5 Å². The Bertz CT molecular complexity index is 680. The molecule has 1 aliphatic carbocycles. The van der Waals surface area contributed by atoms with Crippen LogP contribution in [0.2, 0.25) is 0 Å². The molecule has 0 aromatic carbocycles. The van der Waals surface area contributed by atoms with Crippen LogP contribution in [0.15, 0.2) is 30.5 Å². The van der Waals surface area contributed by atoms with Gasteiger partial charge in [0.1, 0.15) is 0 Å². The van der Waals surface area contributed by atoms with Crippen molar-refractivity contribution in [2.45, 2.75) is 45.4 Å². The van der Waals surface area contributed by atoms with Crippen LogP contribution >= 0.6 is 0 Å². The summed E-state index contributed by atoms with van der Waals surface area (Å²) in [6.07, 6.45) is 6.12. The Labute approximate surface area is 143 Å². The molecule has 1 atom stereocenters. The molecule has 5 nitrogen and oxygen atoms in total. The van der Waals surface area contributed by atoms with Crippen LogP contribution in [0.1, 0.15) is 42.4 Å². The van der Waals surface area contributed by atoms with Gasteiger partial charge in [0.25, 0.3) is 0 Å². The van der Waals surface area contributed by atoms with Crippen LogP contribution < -0.4 is 0 Å². The summed E-state index contributed by atoms with van der Waals surface area (Å²) >= 11 is 0. The Kier molecular flexibility index (Phi) is 4.63. The summed E-state index contributed by atoms with van der Waals surface area (Å²) in [7, 11) is 0. The molecule has 1 fully saturated rings. The van der Waals surface area contributed by atoms with E-state index in [-0.39, 0.29) is 0 Å². The van der Waals surface area contributed by atoms with E-state index in [0.29, 0.717) is 19.3 Å². The van der Waals surface area contributed by atoms with Crippen molar-refractivity contribution >= 4 is 0 Å². The maximum absolute atomic E-state index is 5.98. The molecular formula is C19H26N4O. The van der Waals surface area contributed by atoms with Gasteiger partial charge in [-0.05, 0) is 43.9 Å². The van der Waals surface area contributed by atoms with Crippen LogP contribution in [0.5, 0.6) is 0 Å². The highest BCUT2D eigenvalue weighted by molar-refractivity contribution is 5.09. The maximum Gasteiger partial charge on any atom is 0.0889 e. The van der Waals surface area contributed by atoms with E-state index in [1.807, 2.05) is 31.3 Å². The van der Waals surface area contributed by atoms with Gasteiger partial charge in [-0.15, -0.1) is 0 Å². The number of pyridine rings is 1. The lowest BCUT2D eigenvalue weighted by molar-refractivity contribution is 0.0451. The molecule has 0 unspecified atom stereocenters. The van der Waals surface area contributed by atoms with Gasteiger partial charge < -0.3 is 4.74 Å². The van der Waals surface area contributed by atoms with E-state index in [4.69, 9.17) is 4.74 Å². The van der Waals surface area contributed by atoms with Crippen molar-refractivity contribution in [1.82, 2.24) is 19.7 Å². The molecular weight excluding hydrogens is 300 g/mol. The first kappa shape index (κ1) is 15.8. The predicted molar refractivity (Wildman–Crippen MR) is 92.5 cm³/mol. The molecule has 0 amide bonds. The average molecular weight is 326 g/mol. The van der Waals surface area contributed by atoms with E-state index >= 15 is 0 Å². The first-order chi connectivity index (χ1) is 11.8. The van der Waals surface area contributed by atoms with Gasteiger partial charge in [0, 0.05) is 31.5 Å². The first-order valence-corrected chi connectivity index (χ1v) is 9.03. The van der Waals surface area contributed by atoms with Crippen LogP contribution in [0.25, 0.3) is 0 Å². The van der Waals surface area contributed by atoms with E-state index in [0.717, 1.165) is 30.4 Å². The number of ether oxygens (including phenoxy) is 1. The highest BCUT2D eigenvalue weighted by Gasteiger charge is 2.28. The molecule has 1 saturated carbocycles. The number of aryl methyl sites for hydroxylation is 1. The van der Waals surface area contributed by atoms with Crippen molar-refractivity contribution in [1.29, 1.82) is 0 Å². The Morgan fingerprint density at radius 3 is 2.96 bits per heavy atom. The van der Waals surface area contributed by atoms with Gasteiger partial charge in [0.15, 0.2) is 0 Å². The molecule has 0 saturated heterocycles. The lowest BCUT2D eigenvalue weighted by Gasteiger charge is -2.38. The fourth-order valence-electron chi connectivity index (χ4n) is 3.75. The van der Waals surface area contributed by atoms with Crippen molar-refractivity contribution in [3.63, 3.8) is 0 Å². The van der Waals surface area contributed by atoms with Gasteiger partial charge in [-0.3, -0.25) is 14.6 Å². The minimum absolute atomic E-state index is 0.300. The zero-order valence-corrected chi connectivity index (χ0v) is 14.4. The number of fused-ring (bicyclic) bond motifs is 1. The van der Waals surface area contributed by atoms with Crippen molar-refractivity contribution in [3.8, 4) is 0 Å². The SMILES string of the molecule is Cc1cccc(COC[C@H]2CN(CC3CCC3)Cc3ccnn32)n1. The highest BCUT2D eigenvalue weighted by Crippen LogP contribution is 2.29. The molecule has 1 aliphatic heterocycles. The normalized spacial score (nSPS) is 21.5. The first-order valence-electron chi connectivity index (χ1n) is 9.03. The Hall–Kier alpha value is -1.72. The molecule has 2 aromatic rings. The van der Waals surface area contributed by atoms with E-state index in [2.05, 4.69) is 25.7 Å². The lowest BCUT2D eigenvalue weighted by atomic mass is 9.85. The third-order valence-corrected chi connectivity index (χ3v) is 5.20. The summed E-state index contributed by atoms with van der Waals surface area (Å²) in [4.78, 5) is 7.09.